The third-order valence-electron chi connectivity index (χ3n) is 5.07. The van der Waals surface area contributed by atoms with Crippen molar-refractivity contribution in [2.24, 2.45) is 0 Å². The summed E-state index contributed by atoms with van der Waals surface area (Å²) in [4.78, 5) is 27.4. The minimum absolute atomic E-state index is 0.0251. The van der Waals surface area contributed by atoms with Gasteiger partial charge in [-0.1, -0.05) is 0 Å². The molecular weight excluding hydrogens is 302 g/mol. The van der Waals surface area contributed by atoms with Gasteiger partial charge in [0.05, 0.1) is 19.6 Å². The van der Waals surface area contributed by atoms with E-state index in [0.717, 1.165) is 38.2 Å². The number of anilines is 1. The number of nitrogens with one attached hydrogen (secondary N) is 2. The molecule has 2 saturated heterocycles. The van der Waals surface area contributed by atoms with Gasteiger partial charge in [-0.05, 0) is 49.9 Å². The number of hydrogen-bond donors (Lipinski definition) is 2. The van der Waals surface area contributed by atoms with Crippen LogP contribution in [0.5, 0.6) is 0 Å². The monoisotopic (exact) mass is 330 g/mol. The second-order valence-corrected chi connectivity index (χ2v) is 6.87. The van der Waals surface area contributed by atoms with E-state index in [9.17, 15) is 9.59 Å². The summed E-state index contributed by atoms with van der Waals surface area (Å²) in [5.74, 6) is 0.148. The van der Waals surface area contributed by atoms with Gasteiger partial charge in [-0.2, -0.15) is 0 Å². The number of piperidine rings is 1. The fourth-order valence-corrected chi connectivity index (χ4v) is 3.66. The molecule has 2 amide bonds. The number of carbonyl (C=O) groups is 2. The number of hydrogen-bond acceptors (Lipinski definition) is 2. The van der Waals surface area contributed by atoms with E-state index in [1.807, 2.05) is 24.3 Å². The Labute approximate surface area is 144 Å². The van der Waals surface area contributed by atoms with Crippen LogP contribution in [0.4, 0.5) is 5.69 Å². The molecule has 5 nitrogen and oxygen atoms in total. The summed E-state index contributed by atoms with van der Waals surface area (Å²) in [6, 6.07) is 7.37. The Morgan fingerprint density at radius 2 is 1.83 bits per heavy atom. The zero-order valence-corrected chi connectivity index (χ0v) is 14.4. The fourth-order valence-electron chi connectivity index (χ4n) is 3.66. The molecule has 2 heterocycles. The molecule has 1 aromatic carbocycles. The highest BCUT2D eigenvalue weighted by Gasteiger charge is 2.21. The van der Waals surface area contributed by atoms with Crippen LogP contribution >= 0.6 is 0 Å². The van der Waals surface area contributed by atoms with Crippen molar-refractivity contribution in [2.75, 3.05) is 37.6 Å². The number of quaternary nitrogens is 1. The summed E-state index contributed by atoms with van der Waals surface area (Å²) < 4.78 is 0. The summed E-state index contributed by atoms with van der Waals surface area (Å²) in [6.45, 7) is 5.23. The molecule has 3 rings (SSSR count). The van der Waals surface area contributed by atoms with Crippen molar-refractivity contribution < 1.29 is 14.5 Å². The van der Waals surface area contributed by atoms with Crippen molar-refractivity contribution >= 4 is 17.5 Å². The van der Waals surface area contributed by atoms with E-state index in [4.69, 9.17) is 0 Å². The molecule has 0 bridgehead atoms. The lowest BCUT2D eigenvalue weighted by Crippen LogP contribution is -3.12. The van der Waals surface area contributed by atoms with E-state index in [0.29, 0.717) is 12.0 Å². The third kappa shape index (κ3) is 4.35. The van der Waals surface area contributed by atoms with Gasteiger partial charge in [0.2, 0.25) is 5.91 Å². The van der Waals surface area contributed by atoms with Gasteiger partial charge >= 0.3 is 0 Å². The predicted molar refractivity (Wildman–Crippen MR) is 94.4 cm³/mol. The van der Waals surface area contributed by atoms with Crippen LogP contribution in [0.2, 0.25) is 0 Å². The molecule has 24 heavy (non-hydrogen) atoms. The van der Waals surface area contributed by atoms with Crippen LogP contribution in [-0.4, -0.2) is 44.5 Å². The highest BCUT2D eigenvalue weighted by molar-refractivity contribution is 5.97. The molecule has 0 spiro atoms. The van der Waals surface area contributed by atoms with Gasteiger partial charge in [-0.25, -0.2) is 0 Å². The van der Waals surface area contributed by atoms with Crippen LogP contribution in [0, 0.1) is 0 Å². The second kappa shape index (κ2) is 8.29. The lowest BCUT2D eigenvalue weighted by atomic mass is 10.1. The number of carbonyl (C=O) groups excluding carboxylic acids is 2. The Hall–Kier alpha value is -1.88. The maximum atomic E-state index is 12.2. The van der Waals surface area contributed by atoms with Gasteiger partial charge in [-0.15, -0.1) is 0 Å². The summed E-state index contributed by atoms with van der Waals surface area (Å²) in [6.07, 6.45) is 6.63. The lowest BCUT2D eigenvalue weighted by Gasteiger charge is -2.23. The topological polar surface area (TPSA) is 53.9 Å². The van der Waals surface area contributed by atoms with Gasteiger partial charge < -0.3 is 15.1 Å². The first-order valence-electron chi connectivity index (χ1n) is 9.26. The molecule has 0 aromatic heterocycles. The average molecular weight is 330 g/mol. The van der Waals surface area contributed by atoms with Crippen molar-refractivity contribution in [1.29, 1.82) is 0 Å². The van der Waals surface area contributed by atoms with Crippen molar-refractivity contribution in [1.82, 2.24) is 5.32 Å². The first kappa shape index (κ1) is 17.0. The number of rotatable bonds is 6. The molecule has 0 saturated carbocycles. The van der Waals surface area contributed by atoms with Gasteiger partial charge in [0.15, 0.2) is 0 Å². The Bertz CT molecular complexity index is 564. The van der Waals surface area contributed by atoms with Crippen molar-refractivity contribution in [3.05, 3.63) is 29.8 Å². The van der Waals surface area contributed by atoms with Crippen LogP contribution in [0.3, 0.4) is 0 Å². The zero-order valence-electron chi connectivity index (χ0n) is 14.4. The quantitative estimate of drug-likeness (QED) is 0.765. The van der Waals surface area contributed by atoms with E-state index in [1.165, 1.54) is 32.4 Å². The van der Waals surface area contributed by atoms with Gasteiger partial charge in [0.1, 0.15) is 0 Å². The van der Waals surface area contributed by atoms with Crippen molar-refractivity contribution in [3.63, 3.8) is 0 Å². The van der Waals surface area contributed by atoms with Crippen molar-refractivity contribution in [3.8, 4) is 0 Å². The molecule has 0 atom stereocenters. The van der Waals surface area contributed by atoms with E-state index in [-0.39, 0.29) is 11.8 Å². The number of nitrogens with zero attached hydrogens (tertiary/aromatic N) is 1. The second-order valence-electron chi connectivity index (χ2n) is 6.87. The van der Waals surface area contributed by atoms with E-state index in [1.54, 1.807) is 9.80 Å². The molecule has 0 radical (unpaired) electrons. The Kier molecular flexibility index (Phi) is 5.86. The van der Waals surface area contributed by atoms with Crippen LogP contribution in [0.1, 0.15) is 48.9 Å². The molecule has 5 heteroatoms. The van der Waals surface area contributed by atoms with E-state index in [2.05, 4.69) is 5.32 Å². The van der Waals surface area contributed by atoms with Gasteiger partial charge in [0.25, 0.3) is 5.91 Å². The minimum atomic E-state index is -0.0251. The molecule has 2 aliphatic heterocycles. The summed E-state index contributed by atoms with van der Waals surface area (Å²) >= 11 is 0. The third-order valence-corrected chi connectivity index (χ3v) is 5.07. The molecule has 0 unspecified atom stereocenters. The number of benzene rings is 1. The normalized spacial score (nSPS) is 18.8. The average Bonchev–Trinajstić information content (AvgIpc) is 3.05. The van der Waals surface area contributed by atoms with E-state index < -0.39 is 0 Å². The fraction of sp³-hybridized carbons (Fsp3) is 0.579. The number of likely N-dealkylation sites (tertiary alicyclic amines) is 1. The first-order valence-corrected chi connectivity index (χ1v) is 9.26. The Morgan fingerprint density at radius 3 is 2.50 bits per heavy atom. The maximum absolute atomic E-state index is 12.2. The molecular formula is C19H28N3O2+. The molecule has 0 aliphatic carbocycles. The highest BCUT2D eigenvalue weighted by Crippen LogP contribution is 2.21. The molecule has 130 valence electrons. The Balaban J connectivity index is 1.42. The van der Waals surface area contributed by atoms with Crippen molar-refractivity contribution in [2.45, 2.75) is 38.5 Å². The van der Waals surface area contributed by atoms with E-state index >= 15 is 0 Å². The number of amides is 2. The molecule has 1 aromatic rings. The molecule has 2 N–H and O–H groups in total. The lowest BCUT2D eigenvalue weighted by molar-refractivity contribution is -0.904. The van der Waals surface area contributed by atoms with Crippen LogP contribution in [0.25, 0.3) is 0 Å². The summed E-state index contributed by atoms with van der Waals surface area (Å²) in [5, 5.41) is 3.00. The minimum Gasteiger partial charge on any atom is -0.352 e. The smallest absolute Gasteiger partial charge is 0.251 e. The van der Waals surface area contributed by atoms with Crippen LogP contribution < -0.4 is 15.1 Å². The van der Waals surface area contributed by atoms with Gasteiger partial charge in [-0.3, -0.25) is 9.59 Å². The molecule has 2 aliphatic rings. The SMILES string of the molecule is O=C(NCCC[NH+]1CCCCC1)c1ccc(N2CCCC2=O)cc1. The molecule has 2 fully saturated rings. The predicted octanol–water partition coefficient (Wildman–Crippen LogP) is 1.00. The summed E-state index contributed by atoms with van der Waals surface area (Å²) in [7, 11) is 0. The zero-order chi connectivity index (χ0) is 16.8. The standard InChI is InChI=1S/C19H27N3O2/c23-18-6-4-15-22(18)17-9-7-16(8-10-17)19(24)20-11-5-14-21-12-2-1-3-13-21/h7-10H,1-6,11-15H2,(H,20,24)/p+1. The van der Waals surface area contributed by atoms with Crippen LogP contribution in [0.15, 0.2) is 24.3 Å². The highest BCUT2D eigenvalue weighted by atomic mass is 16.2. The first-order chi connectivity index (χ1) is 11.7. The Morgan fingerprint density at radius 1 is 1.08 bits per heavy atom. The van der Waals surface area contributed by atoms with Crippen LogP contribution in [-0.2, 0) is 4.79 Å². The maximum Gasteiger partial charge on any atom is 0.251 e. The van der Waals surface area contributed by atoms with Gasteiger partial charge in [0, 0.05) is 37.2 Å². The summed E-state index contributed by atoms with van der Waals surface area (Å²) in [5.41, 5.74) is 1.55. The largest absolute Gasteiger partial charge is 0.352 e.